The summed E-state index contributed by atoms with van der Waals surface area (Å²) in [5, 5.41) is 0. The molecule has 1 N–H and O–H groups in total. The van der Waals surface area contributed by atoms with Crippen LogP contribution >= 0.6 is 15.9 Å². The third-order valence-corrected chi connectivity index (χ3v) is 2.99. The van der Waals surface area contributed by atoms with Gasteiger partial charge < -0.3 is 0 Å². The van der Waals surface area contributed by atoms with Crippen LogP contribution in [0.5, 0.6) is 0 Å². The van der Waals surface area contributed by atoms with Crippen molar-refractivity contribution in [2.24, 2.45) is 0 Å². The predicted molar refractivity (Wildman–Crippen MR) is 60.6 cm³/mol. The van der Waals surface area contributed by atoms with E-state index in [1.807, 2.05) is 25.1 Å². The molecule has 1 rings (SSSR count). The first-order valence-corrected chi connectivity index (χ1v) is 6.76. The van der Waals surface area contributed by atoms with Crippen molar-refractivity contribution in [2.75, 3.05) is 6.26 Å². The van der Waals surface area contributed by atoms with Crippen molar-refractivity contribution in [2.45, 2.75) is 13.5 Å². The fourth-order valence-electron chi connectivity index (χ4n) is 1.07. The lowest BCUT2D eigenvalue weighted by Crippen LogP contribution is -2.21. The van der Waals surface area contributed by atoms with Crippen LogP contribution in [0.25, 0.3) is 0 Å². The van der Waals surface area contributed by atoms with Gasteiger partial charge >= 0.3 is 0 Å². The molecule has 0 aliphatic rings. The Kier molecular flexibility index (Phi) is 3.69. The topological polar surface area (TPSA) is 46.2 Å². The van der Waals surface area contributed by atoms with E-state index in [-0.39, 0.29) is 0 Å². The van der Waals surface area contributed by atoms with Crippen molar-refractivity contribution >= 4 is 26.0 Å². The average Bonchev–Trinajstić information content (AvgIpc) is 2.00. The van der Waals surface area contributed by atoms with Gasteiger partial charge in [0.2, 0.25) is 10.0 Å². The Bertz CT molecular complexity index is 428. The van der Waals surface area contributed by atoms with E-state index in [0.29, 0.717) is 6.54 Å². The molecule has 0 unspecified atom stereocenters. The Labute approximate surface area is 92.7 Å². The van der Waals surface area contributed by atoms with Crippen molar-refractivity contribution in [1.82, 2.24) is 4.72 Å². The number of hydrogen-bond donors (Lipinski definition) is 1. The van der Waals surface area contributed by atoms with Gasteiger partial charge in [0.25, 0.3) is 0 Å². The van der Waals surface area contributed by atoms with Gasteiger partial charge in [0.05, 0.1) is 6.26 Å². The van der Waals surface area contributed by atoms with Crippen molar-refractivity contribution in [1.29, 1.82) is 0 Å². The van der Waals surface area contributed by atoms with Gasteiger partial charge in [0.1, 0.15) is 0 Å². The van der Waals surface area contributed by atoms with E-state index < -0.39 is 10.0 Å². The molecule has 0 atom stereocenters. The summed E-state index contributed by atoms with van der Waals surface area (Å²) in [4.78, 5) is 0. The van der Waals surface area contributed by atoms with E-state index in [4.69, 9.17) is 0 Å². The molecule has 0 bridgehead atoms. The van der Waals surface area contributed by atoms with Crippen LogP contribution in [0, 0.1) is 6.92 Å². The maximum absolute atomic E-state index is 10.9. The highest BCUT2D eigenvalue weighted by Crippen LogP contribution is 2.15. The van der Waals surface area contributed by atoms with Gasteiger partial charge in [-0.15, -0.1) is 0 Å². The summed E-state index contributed by atoms with van der Waals surface area (Å²) >= 11 is 3.35. The normalized spacial score (nSPS) is 11.6. The molecule has 0 fully saturated rings. The second-order valence-electron chi connectivity index (χ2n) is 3.16. The highest BCUT2D eigenvalue weighted by molar-refractivity contribution is 9.10. The number of rotatable bonds is 3. The van der Waals surface area contributed by atoms with Crippen LogP contribution in [0.3, 0.4) is 0 Å². The number of sulfonamides is 1. The molecular weight excluding hydrogens is 266 g/mol. The molecule has 1 aromatic rings. The highest BCUT2D eigenvalue weighted by Gasteiger charge is 2.03. The summed E-state index contributed by atoms with van der Waals surface area (Å²) < 4.78 is 25.2. The fourth-order valence-corrected chi connectivity index (χ4v) is 1.96. The monoisotopic (exact) mass is 277 g/mol. The van der Waals surface area contributed by atoms with E-state index in [1.165, 1.54) is 0 Å². The van der Waals surface area contributed by atoms with Gasteiger partial charge in [-0.1, -0.05) is 22.0 Å². The largest absolute Gasteiger partial charge is 0.213 e. The molecule has 1 aromatic carbocycles. The predicted octanol–water partition coefficient (Wildman–Crippen LogP) is 1.81. The third-order valence-electron chi connectivity index (χ3n) is 1.83. The summed E-state index contributed by atoms with van der Waals surface area (Å²) in [6.07, 6.45) is 1.15. The maximum atomic E-state index is 10.9. The first kappa shape index (κ1) is 11.7. The minimum absolute atomic E-state index is 0.345. The summed E-state index contributed by atoms with van der Waals surface area (Å²) in [5.41, 5.74) is 2.05. The molecule has 0 saturated heterocycles. The Hall–Kier alpha value is -0.390. The molecule has 0 aromatic heterocycles. The highest BCUT2D eigenvalue weighted by atomic mass is 79.9. The second kappa shape index (κ2) is 4.42. The molecule has 5 heteroatoms. The molecule has 0 aliphatic heterocycles. The number of halogens is 1. The van der Waals surface area contributed by atoms with Crippen LogP contribution in [0.15, 0.2) is 22.7 Å². The van der Waals surface area contributed by atoms with Gasteiger partial charge in [-0.2, -0.15) is 0 Å². The minimum Gasteiger partial charge on any atom is -0.213 e. The van der Waals surface area contributed by atoms with Crippen LogP contribution in [0.4, 0.5) is 0 Å². The standard InChI is InChI=1S/C9H12BrNO2S/c1-7-5-9(10)4-3-8(7)6-11-14(2,12)13/h3-5,11H,6H2,1-2H3. The molecule has 0 saturated carbocycles. The van der Waals surface area contributed by atoms with Crippen LogP contribution in [-0.4, -0.2) is 14.7 Å². The third kappa shape index (κ3) is 3.77. The molecule has 78 valence electrons. The van der Waals surface area contributed by atoms with Crippen molar-refractivity contribution in [3.05, 3.63) is 33.8 Å². The maximum Gasteiger partial charge on any atom is 0.209 e. The lowest BCUT2D eigenvalue weighted by atomic mass is 10.1. The smallest absolute Gasteiger partial charge is 0.209 e. The lowest BCUT2D eigenvalue weighted by Gasteiger charge is -2.06. The molecule has 0 amide bonds. The van der Waals surface area contributed by atoms with Crippen LogP contribution in [0.2, 0.25) is 0 Å². The quantitative estimate of drug-likeness (QED) is 0.916. The van der Waals surface area contributed by atoms with Crippen LogP contribution < -0.4 is 4.72 Å². The van der Waals surface area contributed by atoms with Crippen LogP contribution in [0.1, 0.15) is 11.1 Å². The van der Waals surface area contributed by atoms with Gasteiger partial charge in [0.15, 0.2) is 0 Å². The first-order chi connectivity index (χ1) is 6.38. The molecule has 0 radical (unpaired) electrons. The van der Waals surface area contributed by atoms with Gasteiger partial charge in [-0.3, -0.25) is 0 Å². The molecule has 0 aliphatic carbocycles. The number of hydrogen-bond acceptors (Lipinski definition) is 2. The Morgan fingerprint density at radius 2 is 2.07 bits per heavy atom. The summed E-state index contributed by atoms with van der Waals surface area (Å²) in [6, 6.07) is 5.75. The van der Waals surface area contributed by atoms with Crippen molar-refractivity contribution < 1.29 is 8.42 Å². The number of benzene rings is 1. The Morgan fingerprint density at radius 3 is 2.57 bits per heavy atom. The Morgan fingerprint density at radius 1 is 1.43 bits per heavy atom. The number of aryl methyl sites for hydroxylation is 1. The van der Waals surface area contributed by atoms with E-state index in [9.17, 15) is 8.42 Å². The van der Waals surface area contributed by atoms with Crippen molar-refractivity contribution in [3.63, 3.8) is 0 Å². The second-order valence-corrected chi connectivity index (χ2v) is 5.91. The Balaban J connectivity index is 2.78. The average molecular weight is 278 g/mol. The first-order valence-electron chi connectivity index (χ1n) is 4.08. The fraction of sp³-hybridized carbons (Fsp3) is 0.333. The molecule has 14 heavy (non-hydrogen) atoms. The SMILES string of the molecule is Cc1cc(Br)ccc1CNS(C)(=O)=O. The summed E-state index contributed by atoms with van der Waals surface area (Å²) in [6.45, 7) is 2.29. The van der Waals surface area contributed by atoms with E-state index in [0.717, 1.165) is 21.9 Å². The van der Waals surface area contributed by atoms with Crippen LogP contribution in [-0.2, 0) is 16.6 Å². The van der Waals surface area contributed by atoms with Gasteiger partial charge in [-0.05, 0) is 30.2 Å². The molecule has 0 spiro atoms. The molecule has 0 heterocycles. The van der Waals surface area contributed by atoms with Crippen molar-refractivity contribution in [3.8, 4) is 0 Å². The summed E-state index contributed by atoms with van der Waals surface area (Å²) in [5.74, 6) is 0. The lowest BCUT2D eigenvalue weighted by molar-refractivity contribution is 0.587. The zero-order valence-electron chi connectivity index (χ0n) is 8.04. The van der Waals surface area contributed by atoms with Gasteiger partial charge in [-0.25, -0.2) is 13.1 Å². The van der Waals surface area contributed by atoms with Gasteiger partial charge in [0, 0.05) is 11.0 Å². The van der Waals surface area contributed by atoms with E-state index in [2.05, 4.69) is 20.7 Å². The minimum atomic E-state index is -3.11. The van der Waals surface area contributed by atoms with E-state index >= 15 is 0 Å². The number of nitrogens with one attached hydrogen (secondary N) is 1. The molecular formula is C9H12BrNO2S. The van der Waals surface area contributed by atoms with E-state index in [1.54, 1.807) is 0 Å². The zero-order chi connectivity index (χ0) is 10.8. The summed E-state index contributed by atoms with van der Waals surface area (Å²) in [7, 11) is -3.11. The molecule has 3 nitrogen and oxygen atoms in total. The zero-order valence-corrected chi connectivity index (χ0v) is 10.4.